The minimum Gasteiger partial charge on any atom is -0.388 e. The van der Waals surface area contributed by atoms with E-state index >= 15 is 0 Å². The monoisotopic (exact) mass is 400 g/mol. The maximum atomic E-state index is 13.0. The van der Waals surface area contributed by atoms with E-state index < -0.39 is 6.04 Å². The van der Waals surface area contributed by atoms with Gasteiger partial charge in [0.05, 0.1) is 11.7 Å². The number of hydrogen-bond donors (Lipinski definition) is 4. The zero-order valence-electron chi connectivity index (χ0n) is 16.9. The van der Waals surface area contributed by atoms with Gasteiger partial charge < -0.3 is 21.7 Å². The van der Waals surface area contributed by atoms with Crippen LogP contribution in [0, 0.1) is 5.41 Å². The molecule has 0 saturated carbocycles. The molecule has 1 atom stereocenters. The van der Waals surface area contributed by atoms with Gasteiger partial charge in [-0.25, -0.2) is 0 Å². The predicted molar refractivity (Wildman–Crippen MR) is 114 cm³/mol. The number of nitrogens with two attached hydrogens (primary N) is 2. The van der Waals surface area contributed by atoms with E-state index in [1.165, 1.54) is 6.92 Å². The van der Waals surface area contributed by atoms with E-state index in [4.69, 9.17) is 16.9 Å². The number of unbranched alkanes of at least 4 members (excludes halogenated alkanes) is 2. The minimum atomic E-state index is -0.512. The van der Waals surface area contributed by atoms with Crippen molar-refractivity contribution in [3.8, 4) is 0 Å². The van der Waals surface area contributed by atoms with Gasteiger partial charge in [-0.1, -0.05) is 6.92 Å². The number of nitrogens with zero attached hydrogens (tertiary/aromatic N) is 2. The molecule has 0 aliphatic heterocycles. The van der Waals surface area contributed by atoms with Gasteiger partial charge in [0.2, 0.25) is 11.8 Å². The summed E-state index contributed by atoms with van der Waals surface area (Å²) in [6.45, 7) is 4.67. The highest BCUT2D eigenvalue weighted by Crippen LogP contribution is 2.09. The number of nitrogens with one attached hydrogen (secondary N) is 2. The van der Waals surface area contributed by atoms with Crippen LogP contribution in [0.3, 0.4) is 0 Å². The molecule has 0 radical (unpaired) electrons. The Bertz CT molecular complexity index is 498. The molecule has 6 N–H and O–H groups in total. The molecule has 9 heteroatoms. The SMILES string of the molecule is CCSC[C@@H](NC(C)=O)C(=O)N(CCCCC(=N)N)CCCCC(N)=NC. The molecule has 0 aromatic carbocycles. The van der Waals surface area contributed by atoms with Crippen LogP contribution in [-0.4, -0.2) is 66.1 Å². The largest absolute Gasteiger partial charge is 0.388 e. The molecule has 0 saturated heterocycles. The molecule has 0 fully saturated rings. The van der Waals surface area contributed by atoms with E-state index in [1.807, 2.05) is 11.8 Å². The molecule has 0 spiro atoms. The number of aliphatic imine (C=N–C) groups is 1. The first-order valence-electron chi connectivity index (χ1n) is 9.49. The van der Waals surface area contributed by atoms with Crippen LogP contribution in [-0.2, 0) is 9.59 Å². The lowest BCUT2D eigenvalue weighted by Crippen LogP contribution is -2.50. The summed E-state index contributed by atoms with van der Waals surface area (Å²) < 4.78 is 0. The molecule has 8 nitrogen and oxygen atoms in total. The Hall–Kier alpha value is -1.77. The molecule has 0 aliphatic rings. The second-order valence-corrected chi connectivity index (χ2v) is 7.71. The highest BCUT2D eigenvalue weighted by Gasteiger charge is 2.24. The van der Waals surface area contributed by atoms with Crippen LogP contribution in [0.2, 0.25) is 0 Å². The van der Waals surface area contributed by atoms with Crippen LogP contribution in [0.4, 0.5) is 0 Å². The lowest BCUT2D eigenvalue weighted by Gasteiger charge is -2.28. The fourth-order valence-electron chi connectivity index (χ4n) is 2.55. The van der Waals surface area contributed by atoms with E-state index in [0.29, 0.717) is 37.5 Å². The van der Waals surface area contributed by atoms with Gasteiger partial charge in [-0.05, 0) is 31.4 Å². The molecule has 0 aromatic heterocycles. The fraction of sp³-hybridized carbons (Fsp3) is 0.778. The van der Waals surface area contributed by atoms with Crippen molar-refractivity contribution in [1.29, 1.82) is 5.41 Å². The number of carbonyl (C=O) groups excluding carboxylic acids is 2. The highest BCUT2D eigenvalue weighted by atomic mass is 32.2. The van der Waals surface area contributed by atoms with Crippen LogP contribution in [0.25, 0.3) is 0 Å². The van der Waals surface area contributed by atoms with Gasteiger partial charge in [-0.15, -0.1) is 0 Å². The van der Waals surface area contributed by atoms with Crippen LogP contribution in [0.5, 0.6) is 0 Å². The number of rotatable bonds is 15. The minimum absolute atomic E-state index is 0.0499. The average Bonchev–Trinajstić information content (AvgIpc) is 2.62. The third kappa shape index (κ3) is 13.1. The van der Waals surface area contributed by atoms with Gasteiger partial charge in [0.1, 0.15) is 6.04 Å². The van der Waals surface area contributed by atoms with Crippen LogP contribution in [0.1, 0.15) is 52.4 Å². The molecular formula is C18H36N6O2S. The van der Waals surface area contributed by atoms with E-state index in [-0.39, 0.29) is 17.6 Å². The lowest BCUT2D eigenvalue weighted by molar-refractivity contribution is -0.135. The van der Waals surface area contributed by atoms with Crippen molar-refractivity contribution in [3.05, 3.63) is 0 Å². The Balaban J connectivity index is 4.83. The molecule has 0 unspecified atom stereocenters. The summed E-state index contributed by atoms with van der Waals surface area (Å²) in [6.07, 6.45) is 4.47. The number of amidine groups is 2. The summed E-state index contributed by atoms with van der Waals surface area (Å²) in [5, 5.41) is 10.1. The van der Waals surface area contributed by atoms with Gasteiger partial charge in [0, 0.05) is 45.7 Å². The maximum Gasteiger partial charge on any atom is 0.246 e. The van der Waals surface area contributed by atoms with Crippen molar-refractivity contribution >= 4 is 35.2 Å². The third-order valence-electron chi connectivity index (χ3n) is 4.00. The zero-order valence-corrected chi connectivity index (χ0v) is 17.7. The summed E-state index contributed by atoms with van der Waals surface area (Å²) in [4.78, 5) is 30.2. The number of amides is 2. The Labute approximate surface area is 167 Å². The van der Waals surface area contributed by atoms with Gasteiger partial charge in [-0.3, -0.25) is 20.0 Å². The van der Waals surface area contributed by atoms with Gasteiger partial charge in [-0.2, -0.15) is 11.8 Å². The summed E-state index contributed by atoms with van der Waals surface area (Å²) >= 11 is 1.63. The summed E-state index contributed by atoms with van der Waals surface area (Å²) in [5.41, 5.74) is 11.1. The van der Waals surface area contributed by atoms with Crippen LogP contribution >= 0.6 is 11.8 Å². The summed E-state index contributed by atoms with van der Waals surface area (Å²) in [5.74, 6) is 1.98. The van der Waals surface area contributed by atoms with Crippen molar-refractivity contribution in [3.63, 3.8) is 0 Å². The molecule has 0 aliphatic carbocycles. The normalized spacial score (nSPS) is 12.5. The Morgan fingerprint density at radius 2 is 1.74 bits per heavy atom. The second-order valence-electron chi connectivity index (χ2n) is 6.39. The Morgan fingerprint density at radius 3 is 2.22 bits per heavy atom. The van der Waals surface area contributed by atoms with Gasteiger partial charge in [0.25, 0.3) is 0 Å². The summed E-state index contributed by atoms with van der Waals surface area (Å²) in [6, 6.07) is -0.512. The molecule has 0 heterocycles. The molecule has 156 valence electrons. The molecule has 27 heavy (non-hydrogen) atoms. The van der Waals surface area contributed by atoms with E-state index in [1.54, 1.807) is 18.8 Å². The molecular weight excluding hydrogens is 364 g/mol. The lowest BCUT2D eigenvalue weighted by atomic mass is 10.1. The first-order chi connectivity index (χ1) is 12.8. The van der Waals surface area contributed by atoms with Crippen molar-refractivity contribution in [1.82, 2.24) is 10.2 Å². The molecule has 0 aromatic rings. The Morgan fingerprint density at radius 1 is 1.15 bits per heavy atom. The van der Waals surface area contributed by atoms with Gasteiger partial charge in [0.15, 0.2) is 0 Å². The predicted octanol–water partition coefficient (Wildman–Crippen LogP) is 1.34. The van der Waals surface area contributed by atoms with Crippen molar-refractivity contribution < 1.29 is 9.59 Å². The van der Waals surface area contributed by atoms with Crippen molar-refractivity contribution in [2.24, 2.45) is 16.5 Å². The van der Waals surface area contributed by atoms with Crippen LogP contribution < -0.4 is 16.8 Å². The number of hydrogen-bond acceptors (Lipinski definition) is 5. The standard InChI is InChI=1S/C18H36N6O2S/c1-4-27-13-15(23-14(2)25)18(26)24(11-7-5-9-16(19)20)12-8-6-10-17(21)22-3/h15H,4-13H2,1-3H3,(H3,19,20)(H2,21,22)(H,23,25)/t15-/m1/s1. The maximum absolute atomic E-state index is 13.0. The first-order valence-corrected chi connectivity index (χ1v) is 10.6. The van der Waals surface area contributed by atoms with E-state index in [2.05, 4.69) is 10.3 Å². The number of carbonyl (C=O) groups is 2. The van der Waals surface area contributed by atoms with Crippen molar-refractivity contribution in [2.45, 2.75) is 58.4 Å². The topological polar surface area (TPSA) is 138 Å². The Kier molecular flexibility index (Phi) is 14.3. The second kappa shape index (κ2) is 15.3. The molecule has 0 rings (SSSR count). The quantitative estimate of drug-likeness (QED) is 0.187. The summed E-state index contributed by atoms with van der Waals surface area (Å²) in [7, 11) is 1.67. The van der Waals surface area contributed by atoms with Gasteiger partial charge >= 0.3 is 0 Å². The zero-order chi connectivity index (χ0) is 20.7. The van der Waals surface area contributed by atoms with Crippen LogP contribution in [0.15, 0.2) is 4.99 Å². The first kappa shape index (κ1) is 25.2. The molecule has 2 amide bonds. The average molecular weight is 401 g/mol. The molecule has 0 bridgehead atoms. The third-order valence-corrected chi connectivity index (χ3v) is 4.98. The van der Waals surface area contributed by atoms with E-state index in [0.717, 1.165) is 31.4 Å². The smallest absolute Gasteiger partial charge is 0.246 e. The van der Waals surface area contributed by atoms with E-state index in [9.17, 15) is 9.59 Å². The fourth-order valence-corrected chi connectivity index (χ4v) is 3.24. The highest BCUT2D eigenvalue weighted by molar-refractivity contribution is 7.99. The van der Waals surface area contributed by atoms with Crippen molar-refractivity contribution in [2.75, 3.05) is 31.6 Å². The number of thioether (sulfide) groups is 1.